The Balaban J connectivity index is 1.30. The molecule has 4 N–H and O–H groups in total. The second kappa shape index (κ2) is 18.7. The lowest BCUT2D eigenvalue weighted by Crippen LogP contribution is -2.02. The van der Waals surface area contributed by atoms with E-state index in [4.69, 9.17) is 15.2 Å². The lowest BCUT2D eigenvalue weighted by atomic mass is 10.1. The fourth-order valence-electron chi connectivity index (χ4n) is 3.88. The van der Waals surface area contributed by atoms with Gasteiger partial charge in [-0.25, -0.2) is 0 Å². The number of aliphatic hydroxyl groups is 2. The zero-order chi connectivity index (χ0) is 29.8. The van der Waals surface area contributed by atoms with E-state index in [0.717, 1.165) is 30.4 Å². The number of ether oxygens (including phenoxy) is 2. The van der Waals surface area contributed by atoms with Gasteiger partial charge < -0.3 is 25.4 Å². The maximum Gasteiger partial charge on any atom is 0.137 e. The standard InChI is InChI=1S/C34H40N4O4/c1-27(22-37-33(25-39)28-11-5-2-6-12-28)15-17-31(21-35)41-19-9-4-10-20-42-32-18-16-30(36-24-32)23-38-34(26-40)29-13-7-3-8-14-29/h2-3,5-8,11-18,21-24,33-34,39-40H,1,4,9-10,19-20,25-26,35H2/b17-15-,31-21+,37-22+,38-23+/t33-,34-/m0/s1. The highest BCUT2D eigenvalue weighted by molar-refractivity contribution is 5.81. The van der Waals surface area contributed by atoms with Crippen molar-refractivity contribution in [2.45, 2.75) is 31.3 Å². The Morgan fingerprint density at radius 3 is 2.07 bits per heavy atom. The number of allylic oxidation sites excluding steroid dienone is 3. The molecule has 2 aromatic carbocycles. The molecule has 0 amide bonds. The maximum atomic E-state index is 9.64. The van der Waals surface area contributed by atoms with Crippen LogP contribution in [0.3, 0.4) is 0 Å². The maximum absolute atomic E-state index is 9.64. The summed E-state index contributed by atoms with van der Waals surface area (Å²) in [5.41, 5.74) is 8.97. The van der Waals surface area contributed by atoms with E-state index in [1.54, 1.807) is 30.8 Å². The number of aromatic nitrogens is 1. The third kappa shape index (κ3) is 11.5. The third-order valence-corrected chi connectivity index (χ3v) is 6.23. The zero-order valence-corrected chi connectivity index (χ0v) is 23.8. The summed E-state index contributed by atoms with van der Waals surface area (Å²) in [7, 11) is 0. The van der Waals surface area contributed by atoms with Crippen LogP contribution in [0.25, 0.3) is 0 Å². The number of nitrogens with two attached hydrogens (primary N) is 1. The van der Waals surface area contributed by atoms with Gasteiger partial charge in [0.1, 0.15) is 11.5 Å². The van der Waals surface area contributed by atoms with Crippen LogP contribution in [-0.4, -0.2) is 54.1 Å². The number of hydrogen-bond acceptors (Lipinski definition) is 8. The summed E-state index contributed by atoms with van der Waals surface area (Å²) in [5, 5.41) is 19.3. The summed E-state index contributed by atoms with van der Waals surface area (Å²) in [5.74, 6) is 1.24. The highest BCUT2D eigenvalue weighted by Gasteiger charge is 2.07. The molecule has 0 radical (unpaired) electrons. The molecular formula is C34H40N4O4. The van der Waals surface area contributed by atoms with Crippen LogP contribution in [0.15, 0.2) is 125 Å². The first-order chi connectivity index (χ1) is 20.6. The molecule has 8 heteroatoms. The minimum Gasteiger partial charge on any atom is -0.492 e. The first kappa shape index (κ1) is 32.0. The average Bonchev–Trinajstić information content (AvgIpc) is 3.04. The smallest absolute Gasteiger partial charge is 0.137 e. The van der Waals surface area contributed by atoms with Crippen LogP contribution in [0.1, 0.15) is 48.2 Å². The molecule has 1 aromatic heterocycles. The van der Waals surface area contributed by atoms with Crippen LogP contribution in [-0.2, 0) is 4.74 Å². The number of nitrogens with zero attached hydrogens (tertiary/aromatic N) is 3. The number of hydrogen-bond donors (Lipinski definition) is 3. The first-order valence-corrected chi connectivity index (χ1v) is 14.0. The van der Waals surface area contributed by atoms with E-state index < -0.39 is 0 Å². The Kier molecular flexibility index (Phi) is 14.3. The van der Waals surface area contributed by atoms with Crippen molar-refractivity contribution in [2.75, 3.05) is 26.4 Å². The predicted molar refractivity (Wildman–Crippen MR) is 169 cm³/mol. The van der Waals surface area contributed by atoms with Gasteiger partial charge >= 0.3 is 0 Å². The molecule has 0 aliphatic carbocycles. The Hall–Kier alpha value is -4.53. The minimum absolute atomic E-state index is 0.0691. The Morgan fingerprint density at radius 1 is 0.833 bits per heavy atom. The normalized spacial score (nSPS) is 13.5. The molecule has 0 fully saturated rings. The number of benzene rings is 2. The lowest BCUT2D eigenvalue weighted by Gasteiger charge is -2.09. The van der Waals surface area contributed by atoms with Gasteiger partial charge in [0.15, 0.2) is 0 Å². The minimum atomic E-state index is -0.332. The summed E-state index contributed by atoms with van der Waals surface area (Å²) in [4.78, 5) is 13.3. The van der Waals surface area contributed by atoms with Crippen molar-refractivity contribution in [3.8, 4) is 5.75 Å². The van der Waals surface area contributed by atoms with Crippen LogP contribution in [0.4, 0.5) is 0 Å². The number of aliphatic imine (C=N–C) groups is 2. The average molecular weight is 569 g/mol. The summed E-state index contributed by atoms with van der Waals surface area (Å²) in [6.45, 7) is 4.93. The molecule has 0 saturated carbocycles. The van der Waals surface area contributed by atoms with Crippen molar-refractivity contribution in [3.05, 3.63) is 132 Å². The van der Waals surface area contributed by atoms with E-state index in [9.17, 15) is 10.2 Å². The van der Waals surface area contributed by atoms with Crippen LogP contribution in [0, 0.1) is 0 Å². The number of unbranched alkanes of at least 4 members (excludes halogenated alkanes) is 2. The quantitative estimate of drug-likeness (QED) is 0.0804. The molecule has 1 heterocycles. The largest absolute Gasteiger partial charge is 0.492 e. The summed E-state index contributed by atoms with van der Waals surface area (Å²) in [6, 6.07) is 22.4. The molecule has 42 heavy (non-hydrogen) atoms. The highest BCUT2D eigenvalue weighted by atomic mass is 16.5. The Labute approximate surface area is 248 Å². The Morgan fingerprint density at radius 2 is 1.48 bits per heavy atom. The second-order valence-electron chi connectivity index (χ2n) is 9.43. The Bertz CT molecular complexity index is 1310. The number of rotatable bonds is 18. The highest BCUT2D eigenvalue weighted by Crippen LogP contribution is 2.17. The van der Waals surface area contributed by atoms with Crippen LogP contribution in [0.5, 0.6) is 5.75 Å². The van der Waals surface area contributed by atoms with Gasteiger partial charge in [0.25, 0.3) is 0 Å². The topological polar surface area (TPSA) is 123 Å². The molecule has 0 unspecified atom stereocenters. The van der Waals surface area contributed by atoms with Gasteiger partial charge in [0.2, 0.25) is 0 Å². The molecule has 2 atom stereocenters. The second-order valence-corrected chi connectivity index (χ2v) is 9.43. The lowest BCUT2D eigenvalue weighted by molar-refractivity contribution is 0.212. The summed E-state index contributed by atoms with van der Waals surface area (Å²) >= 11 is 0. The van der Waals surface area contributed by atoms with E-state index in [2.05, 4.69) is 21.5 Å². The first-order valence-electron chi connectivity index (χ1n) is 14.0. The molecule has 0 saturated heterocycles. The zero-order valence-electron chi connectivity index (χ0n) is 23.8. The van der Waals surface area contributed by atoms with Gasteiger partial charge in [-0.3, -0.25) is 15.0 Å². The van der Waals surface area contributed by atoms with Gasteiger partial charge in [0, 0.05) is 18.6 Å². The molecule has 8 nitrogen and oxygen atoms in total. The van der Waals surface area contributed by atoms with E-state index in [0.29, 0.717) is 36.0 Å². The molecule has 0 aliphatic rings. The molecule has 3 rings (SSSR count). The summed E-state index contributed by atoms with van der Waals surface area (Å²) in [6.07, 6.45) is 12.6. The molecule has 0 spiro atoms. The van der Waals surface area contributed by atoms with Gasteiger partial charge in [-0.2, -0.15) is 0 Å². The van der Waals surface area contributed by atoms with E-state index in [1.165, 1.54) is 6.20 Å². The van der Waals surface area contributed by atoms with Crippen molar-refractivity contribution >= 4 is 12.4 Å². The van der Waals surface area contributed by atoms with Crippen LogP contribution in [0.2, 0.25) is 0 Å². The van der Waals surface area contributed by atoms with Crippen molar-refractivity contribution < 1.29 is 19.7 Å². The van der Waals surface area contributed by atoms with Crippen LogP contribution < -0.4 is 10.5 Å². The van der Waals surface area contributed by atoms with Gasteiger partial charge in [-0.1, -0.05) is 73.3 Å². The van der Waals surface area contributed by atoms with Crippen molar-refractivity contribution in [2.24, 2.45) is 15.7 Å². The van der Waals surface area contributed by atoms with E-state index in [-0.39, 0.29) is 25.3 Å². The van der Waals surface area contributed by atoms with Gasteiger partial charge in [-0.15, -0.1) is 0 Å². The van der Waals surface area contributed by atoms with E-state index >= 15 is 0 Å². The molecular weight excluding hydrogens is 528 g/mol. The number of pyridine rings is 1. The molecule has 0 aliphatic heterocycles. The van der Waals surface area contributed by atoms with Gasteiger partial charge in [-0.05, 0) is 54.2 Å². The van der Waals surface area contributed by atoms with Crippen molar-refractivity contribution in [3.63, 3.8) is 0 Å². The molecule has 3 aromatic rings. The molecule has 0 bridgehead atoms. The molecule has 220 valence electrons. The van der Waals surface area contributed by atoms with Crippen molar-refractivity contribution in [1.29, 1.82) is 0 Å². The van der Waals surface area contributed by atoms with Crippen molar-refractivity contribution in [1.82, 2.24) is 4.98 Å². The summed E-state index contributed by atoms with van der Waals surface area (Å²) < 4.78 is 11.6. The van der Waals surface area contributed by atoms with Crippen LogP contribution >= 0.6 is 0 Å². The SMILES string of the molecule is C=C(/C=C\C(=C/N)OCCCCCOc1ccc(/C=N/[C@@H](CO)c2ccccc2)nc1)/C=N/[C@@H](CO)c1ccccc1. The number of aliphatic hydroxyl groups excluding tert-OH is 2. The predicted octanol–water partition coefficient (Wildman–Crippen LogP) is 5.52. The van der Waals surface area contributed by atoms with E-state index in [1.807, 2.05) is 72.8 Å². The monoisotopic (exact) mass is 568 g/mol. The third-order valence-electron chi connectivity index (χ3n) is 6.23. The fraction of sp³-hybridized carbons (Fsp3) is 0.265. The van der Waals surface area contributed by atoms with Gasteiger partial charge in [0.05, 0.1) is 50.4 Å². The fourth-order valence-corrected chi connectivity index (χ4v) is 3.88.